The van der Waals surface area contributed by atoms with Gasteiger partial charge in [-0.3, -0.25) is 0 Å². The summed E-state index contributed by atoms with van der Waals surface area (Å²) in [5.74, 6) is 1.42. The average Bonchev–Trinajstić information content (AvgIpc) is 2.89. The summed E-state index contributed by atoms with van der Waals surface area (Å²) >= 11 is 0. The number of hydrogen-bond acceptors (Lipinski definition) is 1. The summed E-state index contributed by atoms with van der Waals surface area (Å²) in [4.78, 5) is 3.44. The largest absolute Gasteiger partial charge is 0.489 e. The van der Waals surface area contributed by atoms with Crippen LogP contribution in [-0.4, -0.2) is 4.98 Å². The monoisotopic (exact) mass is 265 g/mol. The Kier molecular flexibility index (Phi) is 3.46. The number of nitrogens with one attached hydrogen (secondary N) is 1. The Labute approximate surface area is 119 Å². The third-order valence-corrected chi connectivity index (χ3v) is 3.48. The summed E-state index contributed by atoms with van der Waals surface area (Å²) in [6, 6.07) is 18.6. The van der Waals surface area contributed by atoms with Gasteiger partial charge in [0.1, 0.15) is 12.4 Å². The Hall–Kier alpha value is -2.22. The van der Waals surface area contributed by atoms with Crippen molar-refractivity contribution in [3.8, 4) is 5.75 Å². The van der Waals surface area contributed by atoms with Crippen LogP contribution in [-0.2, 0) is 6.61 Å². The molecule has 102 valence electrons. The molecule has 1 heterocycles. The second kappa shape index (κ2) is 5.41. The van der Waals surface area contributed by atoms with Gasteiger partial charge < -0.3 is 9.72 Å². The topological polar surface area (TPSA) is 25.0 Å². The van der Waals surface area contributed by atoms with E-state index >= 15 is 0 Å². The maximum atomic E-state index is 5.86. The number of H-pyrrole nitrogens is 1. The lowest BCUT2D eigenvalue weighted by Crippen LogP contribution is -1.94. The summed E-state index contributed by atoms with van der Waals surface area (Å²) < 4.78 is 5.86. The first-order chi connectivity index (χ1) is 9.72. The smallest absolute Gasteiger partial charge is 0.120 e. The van der Waals surface area contributed by atoms with Crippen LogP contribution in [0, 0.1) is 0 Å². The lowest BCUT2D eigenvalue weighted by molar-refractivity contribution is 0.306. The molecule has 0 spiro atoms. The molecule has 0 aliphatic rings. The van der Waals surface area contributed by atoms with Crippen molar-refractivity contribution in [2.45, 2.75) is 26.4 Å². The molecule has 3 aromatic rings. The first-order valence-electron chi connectivity index (χ1n) is 7.02. The highest BCUT2D eigenvalue weighted by Gasteiger charge is 2.05. The van der Waals surface area contributed by atoms with Gasteiger partial charge in [-0.15, -0.1) is 0 Å². The van der Waals surface area contributed by atoms with E-state index in [2.05, 4.69) is 49.2 Å². The van der Waals surface area contributed by atoms with Crippen LogP contribution in [0.3, 0.4) is 0 Å². The second-order valence-electron chi connectivity index (χ2n) is 5.40. The number of ether oxygens (including phenoxy) is 1. The SMILES string of the molecule is CC(C)c1cc2cc(OCc3ccccc3)ccc2[nH]1. The normalized spacial score (nSPS) is 11.2. The minimum atomic E-state index is 0.510. The van der Waals surface area contributed by atoms with Crippen molar-refractivity contribution in [1.29, 1.82) is 0 Å². The van der Waals surface area contributed by atoms with Crippen LogP contribution in [0.1, 0.15) is 31.0 Å². The Morgan fingerprint density at radius 3 is 2.55 bits per heavy atom. The molecule has 0 saturated carbocycles. The lowest BCUT2D eigenvalue weighted by Gasteiger charge is -2.06. The van der Waals surface area contributed by atoms with E-state index in [-0.39, 0.29) is 0 Å². The molecule has 20 heavy (non-hydrogen) atoms. The van der Waals surface area contributed by atoms with Crippen LogP contribution in [0.2, 0.25) is 0 Å². The molecule has 3 rings (SSSR count). The highest BCUT2D eigenvalue weighted by atomic mass is 16.5. The van der Waals surface area contributed by atoms with Gasteiger partial charge in [0.05, 0.1) is 0 Å². The van der Waals surface area contributed by atoms with Gasteiger partial charge in [-0.25, -0.2) is 0 Å². The summed E-state index contributed by atoms with van der Waals surface area (Å²) in [6.45, 7) is 4.99. The summed E-state index contributed by atoms with van der Waals surface area (Å²) in [6.07, 6.45) is 0. The molecule has 1 aromatic heterocycles. The van der Waals surface area contributed by atoms with Gasteiger partial charge >= 0.3 is 0 Å². The average molecular weight is 265 g/mol. The molecular formula is C18H19NO. The molecule has 0 bridgehead atoms. The molecule has 0 saturated heterocycles. The molecular weight excluding hydrogens is 246 g/mol. The molecule has 1 N–H and O–H groups in total. The van der Waals surface area contributed by atoms with Crippen molar-refractivity contribution in [2.75, 3.05) is 0 Å². The van der Waals surface area contributed by atoms with Crippen molar-refractivity contribution >= 4 is 10.9 Å². The zero-order valence-electron chi connectivity index (χ0n) is 11.9. The van der Waals surface area contributed by atoms with E-state index in [1.54, 1.807) is 0 Å². The summed E-state index contributed by atoms with van der Waals surface area (Å²) in [7, 11) is 0. The fourth-order valence-electron chi connectivity index (χ4n) is 2.27. The van der Waals surface area contributed by atoms with Gasteiger partial charge in [0.15, 0.2) is 0 Å². The minimum absolute atomic E-state index is 0.510. The van der Waals surface area contributed by atoms with E-state index in [1.807, 2.05) is 24.3 Å². The van der Waals surface area contributed by atoms with Crippen molar-refractivity contribution in [1.82, 2.24) is 4.98 Å². The fraction of sp³-hybridized carbons (Fsp3) is 0.222. The Morgan fingerprint density at radius 2 is 1.80 bits per heavy atom. The van der Waals surface area contributed by atoms with Crippen molar-refractivity contribution in [3.63, 3.8) is 0 Å². The second-order valence-corrected chi connectivity index (χ2v) is 5.40. The fourth-order valence-corrected chi connectivity index (χ4v) is 2.27. The van der Waals surface area contributed by atoms with E-state index in [9.17, 15) is 0 Å². The Morgan fingerprint density at radius 1 is 1.00 bits per heavy atom. The zero-order chi connectivity index (χ0) is 13.9. The molecule has 0 amide bonds. The number of aromatic amines is 1. The van der Waals surface area contributed by atoms with Crippen LogP contribution >= 0.6 is 0 Å². The number of hydrogen-bond donors (Lipinski definition) is 1. The number of aromatic nitrogens is 1. The predicted molar refractivity (Wildman–Crippen MR) is 83.2 cm³/mol. The van der Waals surface area contributed by atoms with Crippen LogP contribution in [0.5, 0.6) is 5.75 Å². The minimum Gasteiger partial charge on any atom is -0.489 e. The summed E-state index contributed by atoms with van der Waals surface area (Å²) in [5, 5.41) is 1.21. The lowest BCUT2D eigenvalue weighted by atomic mass is 10.1. The van der Waals surface area contributed by atoms with Gasteiger partial charge in [-0.2, -0.15) is 0 Å². The molecule has 0 aliphatic heterocycles. The molecule has 2 aromatic carbocycles. The zero-order valence-corrected chi connectivity index (χ0v) is 11.9. The van der Waals surface area contributed by atoms with E-state index in [1.165, 1.54) is 22.2 Å². The van der Waals surface area contributed by atoms with E-state index in [4.69, 9.17) is 4.74 Å². The van der Waals surface area contributed by atoms with Crippen LogP contribution in [0.15, 0.2) is 54.6 Å². The third kappa shape index (κ3) is 2.69. The van der Waals surface area contributed by atoms with E-state index < -0.39 is 0 Å². The number of fused-ring (bicyclic) bond motifs is 1. The van der Waals surface area contributed by atoms with Gasteiger partial charge in [-0.05, 0) is 35.7 Å². The standard InChI is InChI=1S/C18H19NO/c1-13(2)18-11-15-10-16(8-9-17(15)19-18)20-12-14-6-4-3-5-7-14/h3-11,13,19H,12H2,1-2H3. The van der Waals surface area contributed by atoms with Gasteiger partial charge in [-0.1, -0.05) is 44.2 Å². The Balaban J connectivity index is 1.78. The van der Waals surface area contributed by atoms with E-state index in [0.717, 1.165) is 5.75 Å². The molecule has 2 heteroatoms. The van der Waals surface area contributed by atoms with Crippen molar-refractivity contribution < 1.29 is 4.74 Å². The van der Waals surface area contributed by atoms with Crippen molar-refractivity contribution in [3.05, 3.63) is 65.9 Å². The first-order valence-corrected chi connectivity index (χ1v) is 7.02. The number of rotatable bonds is 4. The quantitative estimate of drug-likeness (QED) is 0.715. The number of benzene rings is 2. The molecule has 0 fully saturated rings. The van der Waals surface area contributed by atoms with Gasteiger partial charge in [0.25, 0.3) is 0 Å². The molecule has 0 aliphatic carbocycles. The van der Waals surface area contributed by atoms with Crippen LogP contribution in [0.25, 0.3) is 10.9 Å². The van der Waals surface area contributed by atoms with Gasteiger partial charge in [0, 0.05) is 16.6 Å². The molecule has 0 atom stereocenters. The highest BCUT2D eigenvalue weighted by Crippen LogP contribution is 2.25. The van der Waals surface area contributed by atoms with Crippen LogP contribution < -0.4 is 4.74 Å². The molecule has 0 unspecified atom stereocenters. The molecule has 0 radical (unpaired) electrons. The van der Waals surface area contributed by atoms with Crippen molar-refractivity contribution in [2.24, 2.45) is 0 Å². The Bertz CT molecular complexity index is 698. The highest BCUT2D eigenvalue weighted by molar-refractivity contribution is 5.82. The maximum absolute atomic E-state index is 5.86. The van der Waals surface area contributed by atoms with Gasteiger partial charge in [0.2, 0.25) is 0 Å². The summed E-state index contributed by atoms with van der Waals surface area (Å²) in [5.41, 5.74) is 3.62. The van der Waals surface area contributed by atoms with Crippen LogP contribution in [0.4, 0.5) is 0 Å². The first kappa shape index (κ1) is 12.8. The predicted octanol–water partition coefficient (Wildman–Crippen LogP) is 4.87. The maximum Gasteiger partial charge on any atom is 0.120 e. The third-order valence-electron chi connectivity index (χ3n) is 3.48. The molecule has 2 nitrogen and oxygen atoms in total. The van der Waals surface area contributed by atoms with E-state index in [0.29, 0.717) is 12.5 Å².